The maximum absolute atomic E-state index is 11.2. The maximum Gasteiger partial charge on any atom is 0.330 e. The summed E-state index contributed by atoms with van der Waals surface area (Å²) in [6.45, 7) is 3.72. The van der Waals surface area contributed by atoms with E-state index in [9.17, 15) is 9.59 Å². The fourth-order valence-corrected chi connectivity index (χ4v) is 1.58. The Labute approximate surface area is 107 Å². The molecule has 0 heterocycles. The highest BCUT2D eigenvalue weighted by Gasteiger charge is 2.02. The van der Waals surface area contributed by atoms with Gasteiger partial charge < -0.3 is 9.53 Å². The predicted molar refractivity (Wildman–Crippen MR) is 71.1 cm³/mol. The third kappa shape index (κ3) is 4.95. The zero-order chi connectivity index (χ0) is 13.4. The normalized spacial score (nSPS) is 10.6. The van der Waals surface area contributed by atoms with Crippen LogP contribution in [0.15, 0.2) is 30.3 Å². The van der Waals surface area contributed by atoms with E-state index in [4.69, 9.17) is 4.74 Å². The van der Waals surface area contributed by atoms with Crippen molar-refractivity contribution in [2.75, 3.05) is 6.61 Å². The molecular formula is C15H18O3. The van der Waals surface area contributed by atoms with Gasteiger partial charge in [-0.05, 0) is 37.5 Å². The van der Waals surface area contributed by atoms with Gasteiger partial charge in [0.15, 0.2) is 0 Å². The number of ether oxygens (including phenoxy) is 1. The van der Waals surface area contributed by atoms with Gasteiger partial charge in [-0.15, -0.1) is 0 Å². The van der Waals surface area contributed by atoms with Crippen LogP contribution in [0, 0.1) is 0 Å². The summed E-state index contributed by atoms with van der Waals surface area (Å²) in [6, 6.07) is 7.72. The lowest BCUT2D eigenvalue weighted by atomic mass is 10.0. The first-order valence-electron chi connectivity index (χ1n) is 6.05. The van der Waals surface area contributed by atoms with E-state index in [2.05, 4.69) is 0 Å². The Morgan fingerprint density at radius 3 is 2.67 bits per heavy atom. The predicted octanol–water partition coefficient (Wildman–Crippen LogP) is 2.78. The number of carbonyl (C=O) groups is 2. The number of ketones is 1. The Hall–Kier alpha value is -1.90. The summed E-state index contributed by atoms with van der Waals surface area (Å²) in [4.78, 5) is 22.2. The Bertz CT molecular complexity index is 447. The molecule has 0 fully saturated rings. The second-order valence-corrected chi connectivity index (χ2v) is 3.99. The topological polar surface area (TPSA) is 43.4 Å². The van der Waals surface area contributed by atoms with Crippen LogP contribution in [0.3, 0.4) is 0 Å². The van der Waals surface area contributed by atoms with Gasteiger partial charge in [0.05, 0.1) is 6.61 Å². The van der Waals surface area contributed by atoms with E-state index >= 15 is 0 Å². The highest BCUT2D eigenvalue weighted by atomic mass is 16.5. The van der Waals surface area contributed by atoms with E-state index in [0.717, 1.165) is 11.1 Å². The van der Waals surface area contributed by atoms with Gasteiger partial charge in [0.25, 0.3) is 0 Å². The first kappa shape index (κ1) is 14.2. The van der Waals surface area contributed by atoms with Crippen LogP contribution < -0.4 is 0 Å². The lowest BCUT2D eigenvalue weighted by Gasteiger charge is -2.04. The average molecular weight is 246 g/mol. The van der Waals surface area contributed by atoms with Crippen LogP contribution in [0.1, 0.15) is 31.4 Å². The highest BCUT2D eigenvalue weighted by molar-refractivity contribution is 5.87. The van der Waals surface area contributed by atoms with Crippen molar-refractivity contribution >= 4 is 17.8 Å². The van der Waals surface area contributed by atoms with E-state index in [-0.39, 0.29) is 11.8 Å². The van der Waals surface area contributed by atoms with E-state index in [1.54, 1.807) is 19.9 Å². The summed E-state index contributed by atoms with van der Waals surface area (Å²) >= 11 is 0. The zero-order valence-corrected chi connectivity index (χ0v) is 10.8. The molecule has 0 N–H and O–H groups in total. The van der Waals surface area contributed by atoms with Crippen LogP contribution in [-0.4, -0.2) is 18.4 Å². The fourth-order valence-electron chi connectivity index (χ4n) is 1.58. The summed E-state index contributed by atoms with van der Waals surface area (Å²) in [5.74, 6) is -0.182. The molecule has 0 aliphatic carbocycles. The molecule has 0 aromatic heterocycles. The number of benzene rings is 1. The van der Waals surface area contributed by atoms with Crippen molar-refractivity contribution in [2.24, 2.45) is 0 Å². The first-order valence-corrected chi connectivity index (χ1v) is 6.05. The number of hydrogen-bond donors (Lipinski definition) is 0. The maximum atomic E-state index is 11.2. The van der Waals surface area contributed by atoms with Gasteiger partial charge in [0, 0.05) is 12.5 Å². The van der Waals surface area contributed by atoms with Crippen LogP contribution in [0.5, 0.6) is 0 Å². The number of Topliss-reactive ketones (excluding diaryl/α,β-unsaturated/α-hetero) is 1. The molecule has 0 bridgehead atoms. The van der Waals surface area contributed by atoms with Crippen molar-refractivity contribution in [3.63, 3.8) is 0 Å². The van der Waals surface area contributed by atoms with E-state index < -0.39 is 0 Å². The van der Waals surface area contributed by atoms with Gasteiger partial charge in [-0.25, -0.2) is 4.79 Å². The summed E-state index contributed by atoms with van der Waals surface area (Å²) in [6.07, 6.45) is 4.35. The SMILES string of the molecule is CCOC(=O)/C=C/c1ccccc1CCC(C)=O. The first-order chi connectivity index (χ1) is 8.63. The number of aryl methyl sites for hydroxylation is 1. The van der Waals surface area contributed by atoms with Gasteiger partial charge in [0.2, 0.25) is 0 Å². The Morgan fingerprint density at radius 2 is 2.00 bits per heavy atom. The number of carbonyl (C=O) groups excluding carboxylic acids is 2. The van der Waals surface area contributed by atoms with Crippen molar-refractivity contribution < 1.29 is 14.3 Å². The molecular weight excluding hydrogens is 228 g/mol. The molecule has 0 spiro atoms. The van der Waals surface area contributed by atoms with E-state index in [1.807, 2.05) is 24.3 Å². The van der Waals surface area contributed by atoms with Crippen molar-refractivity contribution in [1.82, 2.24) is 0 Å². The molecule has 0 aliphatic rings. The van der Waals surface area contributed by atoms with Crippen LogP contribution in [0.25, 0.3) is 6.08 Å². The minimum absolute atomic E-state index is 0.166. The molecule has 1 aromatic carbocycles. The molecule has 0 aliphatic heterocycles. The van der Waals surface area contributed by atoms with Crippen LogP contribution in [0.4, 0.5) is 0 Å². The molecule has 96 valence electrons. The lowest BCUT2D eigenvalue weighted by molar-refractivity contribution is -0.137. The standard InChI is InChI=1S/C15H18O3/c1-3-18-15(17)11-10-14-7-5-4-6-13(14)9-8-12(2)16/h4-7,10-11H,3,8-9H2,1-2H3/b11-10+. The van der Waals surface area contributed by atoms with Gasteiger partial charge in [0.1, 0.15) is 5.78 Å². The van der Waals surface area contributed by atoms with Gasteiger partial charge >= 0.3 is 5.97 Å². The largest absolute Gasteiger partial charge is 0.463 e. The quantitative estimate of drug-likeness (QED) is 0.572. The summed E-state index contributed by atoms with van der Waals surface area (Å²) in [5, 5.41) is 0. The second-order valence-electron chi connectivity index (χ2n) is 3.99. The molecule has 0 atom stereocenters. The zero-order valence-electron chi connectivity index (χ0n) is 10.8. The molecule has 3 heteroatoms. The minimum Gasteiger partial charge on any atom is -0.463 e. The minimum atomic E-state index is -0.348. The molecule has 0 amide bonds. The summed E-state index contributed by atoms with van der Waals surface area (Å²) in [7, 11) is 0. The summed E-state index contributed by atoms with van der Waals surface area (Å²) in [5.41, 5.74) is 2.01. The number of rotatable bonds is 6. The van der Waals surface area contributed by atoms with Gasteiger partial charge in [-0.3, -0.25) is 0 Å². The molecule has 0 unspecified atom stereocenters. The molecule has 1 aromatic rings. The molecule has 0 saturated carbocycles. The lowest BCUT2D eigenvalue weighted by Crippen LogP contribution is -1.99. The van der Waals surface area contributed by atoms with Crippen molar-refractivity contribution in [3.8, 4) is 0 Å². The third-order valence-corrected chi connectivity index (χ3v) is 2.49. The molecule has 0 radical (unpaired) electrons. The number of esters is 1. The Kier molecular flexibility index (Phi) is 5.85. The van der Waals surface area contributed by atoms with E-state index in [1.165, 1.54) is 6.08 Å². The smallest absolute Gasteiger partial charge is 0.330 e. The van der Waals surface area contributed by atoms with Crippen LogP contribution in [-0.2, 0) is 20.7 Å². The fraction of sp³-hybridized carbons (Fsp3) is 0.333. The van der Waals surface area contributed by atoms with E-state index in [0.29, 0.717) is 19.4 Å². The van der Waals surface area contributed by atoms with Crippen LogP contribution >= 0.6 is 0 Å². The van der Waals surface area contributed by atoms with Crippen molar-refractivity contribution in [3.05, 3.63) is 41.5 Å². The Morgan fingerprint density at radius 1 is 1.28 bits per heavy atom. The Balaban J connectivity index is 2.75. The third-order valence-electron chi connectivity index (χ3n) is 2.49. The monoisotopic (exact) mass is 246 g/mol. The van der Waals surface area contributed by atoms with Gasteiger partial charge in [-0.1, -0.05) is 24.3 Å². The molecule has 1 rings (SSSR count). The van der Waals surface area contributed by atoms with Crippen LogP contribution in [0.2, 0.25) is 0 Å². The van der Waals surface area contributed by atoms with Crippen molar-refractivity contribution in [2.45, 2.75) is 26.7 Å². The molecule has 3 nitrogen and oxygen atoms in total. The summed E-state index contributed by atoms with van der Waals surface area (Å²) < 4.78 is 4.82. The second kappa shape index (κ2) is 7.43. The molecule has 0 saturated heterocycles. The molecule has 18 heavy (non-hydrogen) atoms. The van der Waals surface area contributed by atoms with Crippen molar-refractivity contribution in [1.29, 1.82) is 0 Å². The average Bonchev–Trinajstić information content (AvgIpc) is 2.35. The van der Waals surface area contributed by atoms with Gasteiger partial charge in [-0.2, -0.15) is 0 Å². The number of hydrogen-bond acceptors (Lipinski definition) is 3. The highest BCUT2D eigenvalue weighted by Crippen LogP contribution is 2.13.